The number of nitriles is 1. The summed E-state index contributed by atoms with van der Waals surface area (Å²) in [5.74, 6) is 0.785. The fourth-order valence-electron chi connectivity index (χ4n) is 2.96. The van der Waals surface area contributed by atoms with Crippen molar-refractivity contribution < 1.29 is 10.1 Å². The van der Waals surface area contributed by atoms with E-state index in [4.69, 9.17) is 5.11 Å². The topological polar surface area (TPSA) is 70.2 Å². The molecule has 1 aliphatic carbocycles. The molecule has 0 saturated carbocycles. The Morgan fingerprint density at radius 1 is 1.30 bits per heavy atom. The van der Waals surface area contributed by atoms with Gasteiger partial charge < -0.3 is 5.11 Å². The van der Waals surface area contributed by atoms with E-state index < -0.39 is 0 Å². The van der Waals surface area contributed by atoms with Gasteiger partial charge in [0.2, 0.25) is 0 Å². The molecule has 0 bridgehead atoms. The van der Waals surface area contributed by atoms with Crippen molar-refractivity contribution in [2.24, 2.45) is 0 Å². The van der Waals surface area contributed by atoms with Crippen molar-refractivity contribution >= 4 is 5.82 Å². The smallest absolute Gasteiger partial charge is 0.290 e. The summed E-state index contributed by atoms with van der Waals surface area (Å²) in [7, 11) is 0. The molecular formula is C16H24N3O+. The average Bonchev–Trinajstić information content (AvgIpc) is 2.50. The first-order chi connectivity index (χ1) is 9.81. The Morgan fingerprint density at radius 3 is 2.70 bits per heavy atom. The molecule has 0 amide bonds. The van der Waals surface area contributed by atoms with Crippen molar-refractivity contribution in [2.45, 2.75) is 51.9 Å². The number of H-pyrrole nitrogens is 1. The number of pyridine rings is 1. The van der Waals surface area contributed by atoms with Gasteiger partial charge in [-0.3, -0.25) is 5.32 Å². The predicted molar refractivity (Wildman–Crippen MR) is 78.5 cm³/mol. The van der Waals surface area contributed by atoms with Crippen LogP contribution in [-0.2, 0) is 19.3 Å². The van der Waals surface area contributed by atoms with Gasteiger partial charge in [-0.15, -0.1) is 0 Å². The molecule has 1 aromatic heterocycles. The lowest BCUT2D eigenvalue weighted by Gasteiger charge is -2.19. The fraction of sp³-hybridized carbons (Fsp3) is 0.625. The molecule has 0 aliphatic heterocycles. The highest BCUT2D eigenvalue weighted by molar-refractivity contribution is 5.56. The quantitative estimate of drug-likeness (QED) is 0.833. The molecule has 0 atom stereocenters. The second kappa shape index (κ2) is 7.25. The first-order valence-corrected chi connectivity index (χ1v) is 7.66. The summed E-state index contributed by atoms with van der Waals surface area (Å²) < 4.78 is 0. The van der Waals surface area contributed by atoms with Crippen LogP contribution in [0, 0.1) is 11.3 Å². The maximum Gasteiger partial charge on any atom is 0.290 e. The van der Waals surface area contributed by atoms with Gasteiger partial charge >= 0.3 is 0 Å². The van der Waals surface area contributed by atoms with Gasteiger partial charge in [0, 0.05) is 6.42 Å². The first kappa shape index (κ1) is 14.8. The Bertz CT molecular complexity index is 505. The van der Waals surface area contributed by atoms with E-state index in [9.17, 15) is 5.26 Å². The van der Waals surface area contributed by atoms with E-state index >= 15 is 0 Å². The maximum atomic E-state index is 9.47. The summed E-state index contributed by atoms with van der Waals surface area (Å²) >= 11 is 0. The molecule has 108 valence electrons. The van der Waals surface area contributed by atoms with Crippen molar-refractivity contribution in [1.82, 2.24) is 0 Å². The molecule has 1 aromatic rings. The number of aliphatic hydroxyl groups excluding tert-OH is 1. The van der Waals surface area contributed by atoms with Crippen molar-refractivity contribution in [3.8, 4) is 6.07 Å². The number of hydrogen-bond donors (Lipinski definition) is 2. The molecule has 0 spiro atoms. The lowest BCUT2D eigenvalue weighted by atomic mass is 9.86. The minimum atomic E-state index is 0.0695. The van der Waals surface area contributed by atoms with E-state index in [0.717, 1.165) is 37.1 Å². The Hall–Kier alpha value is -1.60. The normalized spacial score (nSPS) is 13.7. The predicted octanol–water partition coefficient (Wildman–Crippen LogP) is 2.00. The Labute approximate surface area is 120 Å². The van der Waals surface area contributed by atoms with Crippen LogP contribution in [0.5, 0.6) is 0 Å². The second-order valence-electron chi connectivity index (χ2n) is 5.38. The molecule has 4 heteroatoms. The van der Waals surface area contributed by atoms with Crippen LogP contribution in [0.15, 0.2) is 0 Å². The lowest BCUT2D eigenvalue weighted by molar-refractivity contribution is -0.375. The van der Waals surface area contributed by atoms with Gasteiger partial charge in [-0.1, -0.05) is 13.3 Å². The number of aromatic nitrogens is 1. The van der Waals surface area contributed by atoms with Crippen LogP contribution in [0.4, 0.5) is 5.82 Å². The van der Waals surface area contributed by atoms with E-state index in [0.29, 0.717) is 6.54 Å². The Kier molecular flexibility index (Phi) is 5.37. The lowest BCUT2D eigenvalue weighted by Crippen LogP contribution is -2.26. The van der Waals surface area contributed by atoms with E-state index in [2.05, 4.69) is 23.3 Å². The average molecular weight is 274 g/mol. The van der Waals surface area contributed by atoms with Crippen LogP contribution in [0.2, 0.25) is 0 Å². The van der Waals surface area contributed by atoms with Gasteiger partial charge in [0.05, 0.1) is 6.61 Å². The third-order valence-electron chi connectivity index (χ3n) is 3.97. The van der Waals surface area contributed by atoms with Crippen LogP contribution in [0.3, 0.4) is 0 Å². The second-order valence-corrected chi connectivity index (χ2v) is 5.38. The van der Waals surface area contributed by atoms with Gasteiger partial charge in [0.25, 0.3) is 5.82 Å². The summed E-state index contributed by atoms with van der Waals surface area (Å²) in [6.45, 7) is 2.73. The number of aromatic amines is 1. The molecule has 0 radical (unpaired) electrons. The number of aliphatic hydroxyl groups is 1. The Balaban J connectivity index is 2.43. The number of unbranched alkanes of at least 4 members (excludes halogenated alkanes) is 1. The van der Waals surface area contributed by atoms with Crippen LogP contribution < -0.4 is 10.3 Å². The summed E-state index contributed by atoms with van der Waals surface area (Å²) in [4.78, 5) is 3.42. The molecule has 2 rings (SSSR count). The van der Waals surface area contributed by atoms with Crippen molar-refractivity contribution in [1.29, 1.82) is 5.26 Å². The summed E-state index contributed by atoms with van der Waals surface area (Å²) in [6, 6.07) is 2.34. The molecule has 0 saturated heterocycles. The van der Waals surface area contributed by atoms with Crippen LogP contribution in [0.1, 0.15) is 55.0 Å². The molecule has 0 unspecified atom stereocenters. The molecule has 1 aliphatic rings. The monoisotopic (exact) mass is 274 g/mol. The SMILES string of the molecule is CCCCc1[nH+]c(NCCO)c(C#N)c2c1CCCC2. The molecule has 0 aromatic carbocycles. The van der Waals surface area contributed by atoms with Crippen molar-refractivity contribution in [3.63, 3.8) is 0 Å². The highest BCUT2D eigenvalue weighted by Gasteiger charge is 2.24. The summed E-state index contributed by atoms with van der Waals surface area (Å²) in [5.41, 5.74) is 4.62. The minimum Gasteiger partial charge on any atom is -0.392 e. The van der Waals surface area contributed by atoms with E-state index in [1.165, 1.54) is 36.1 Å². The number of fused-ring (bicyclic) bond motifs is 1. The number of anilines is 1. The van der Waals surface area contributed by atoms with Gasteiger partial charge in [0.15, 0.2) is 0 Å². The van der Waals surface area contributed by atoms with E-state index in [1.54, 1.807) is 0 Å². The van der Waals surface area contributed by atoms with Crippen LogP contribution in [-0.4, -0.2) is 18.3 Å². The highest BCUT2D eigenvalue weighted by atomic mass is 16.3. The summed E-state index contributed by atoms with van der Waals surface area (Å²) in [5, 5.41) is 21.6. The van der Waals surface area contributed by atoms with Gasteiger partial charge in [-0.25, -0.2) is 4.98 Å². The van der Waals surface area contributed by atoms with Gasteiger partial charge in [0.1, 0.15) is 23.9 Å². The Morgan fingerprint density at radius 2 is 2.05 bits per heavy atom. The number of aryl methyl sites for hydroxylation is 1. The molecular weight excluding hydrogens is 250 g/mol. The third-order valence-corrected chi connectivity index (χ3v) is 3.97. The molecule has 4 nitrogen and oxygen atoms in total. The maximum absolute atomic E-state index is 9.47. The zero-order chi connectivity index (χ0) is 14.4. The fourth-order valence-corrected chi connectivity index (χ4v) is 2.96. The van der Waals surface area contributed by atoms with Crippen molar-refractivity contribution in [2.75, 3.05) is 18.5 Å². The van der Waals surface area contributed by atoms with Gasteiger partial charge in [-0.2, -0.15) is 5.26 Å². The number of hydrogen-bond acceptors (Lipinski definition) is 3. The standard InChI is InChI=1S/C16H23N3O/c1-2-3-8-15-13-7-5-4-6-12(13)14(11-17)16(19-15)18-9-10-20/h20H,2-10H2,1H3,(H,18,19)/p+1. The van der Waals surface area contributed by atoms with E-state index in [1.807, 2.05) is 0 Å². The largest absolute Gasteiger partial charge is 0.392 e. The number of nitrogens with one attached hydrogen (secondary N) is 2. The third kappa shape index (κ3) is 3.10. The zero-order valence-electron chi connectivity index (χ0n) is 12.3. The molecule has 20 heavy (non-hydrogen) atoms. The number of rotatable bonds is 6. The molecule has 0 fully saturated rings. The summed E-state index contributed by atoms with van der Waals surface area (Å²) in [6.07, 6.45) is 7.83. The highest BCUT2D eigenvalue weighted by Crippen LogP contribution is 2.29. The molecule has 3 N–H and O–H groups in total. The first-order valence-electron chi connectivity index (χ1n) is 7.66. The minimum absolute atomic E-state index is 0.0695. The van der Waals surface area contributed by atoms with Crippen molar-refractivity contribution in [3.05, 3.63) is 22.4 Å². The van der Waals surface area contributed by atoms with Gasteiger partial charge in [-0.05, 0) is 43.2 Å². The zero-order valence-corrected chi connectivity index (χ0v) is 12.3. The van der Waals surface area contributed by atoms with Crippen LogP contribution >= 0.6 is 0 Å². The van der Waals surface area contributed by atoms with Crippen LogP contribution in [0.25, 0.3) is 0 Å². The van der Waals surface area contributed by atoms with E-state index in [-0.39, 0.29) is 6.61 Å². The molecule has 1 heterocycles. The number of nitrogens with zero attached hydrogens (tertiary/aromatic N) is 1.